The van der Waals surface area contributed by atoms with Gasteiger partial charge in [-0.3, -0.25) is 0 Å². The SMILES string of the molecule is CCCCC(C)(CCC(C)CC)CC1CCC1C(C)(C)CC. The van der Waals surface area contributed by atoms with Gasteiger partial charge in [-0.15, -0.1) is 0 Å². The minimum atomic E-state index is 0.561. The Kier molecular flexibility index (Phi) is 7.96. The van der Waals surface area contributed by atoms with E-state index in [1.54, 1.807) is 0 Å². The molecule has 1 aliphatic carbocycles. The molecule has 4 unspecified atom stereocenters. The van der Waals surface area contributed by atoms with Crippen LogP contribution in [0.15, 0.2) is 0 Å². The molecule has 0 nitrogen and oxygen atoms in total. The zero-order valence-electron chi connectivity index (χ0n) is 16.8. The quantitative estimate of drug-likeness (QED) is 0.364. The third-order valence-electron chi connectivity index (χ3n) is 7.16. The summed E-state index contributed by atoms with van der Waals surface area (Å²) in [6.07, 6.45) is 14.3. The van der Waals surface area contributed by atoms with Gasteiger partial charge in [-0.1, -0.05) is 80.6 Å². The zero-order chi connectivity index (χ0) is 16.8. The lowest BCUT2D eigenvalue weighted by Gasteiger charge is -2.50. The minimum Gasteiger partial charge on any atom is -0.0654 e. The van der Waals surface area contributed by atoms with Gasteiger partial charge in [-0.2, -0.15) is 0 Å². The molecule has 1 saturated carbocycles. The predicted octanol–water partition coefficient (Wildman–Crippen LogP) is 7.86. The smallest absolute Gasteiger partial charge is 0.0323 e. The van der Waals surface area contributed by atoms with E-state index in [-0.39, 0.29) is 0 Å². The molecule has 0 heterocycles. The highest BCUT2D eigenvalue weighted by Gasteiger charge is 2.43. The summed E-state index contributed by atoms with van der Waals surface area (Å²) in [5.74, 6) is 2.90. The molecule has 0 aromatic rings. The molecule has 0 spiro atoms. The van der Waals surface area contributed by atoms with E-state index in [4.69, 9.17) is 0 Å². The van der Waals surface area contributed by atoms with Crippen molar-refractivity contribution in [3.05, 3.63) is 0 Å². The molecule has 0 bridgehead atoms. The van der Waals surface area contributed by atoms with Crippen LogP contribution in [-0.2, 0) is 0 Å². The fourth-order valence-electron chi connectivity index (χ4n) is 4.47. The van der Waals surface area contributed by atoms with Crippen LogP contribution in [0.5, 0.6) is 0 Å². The maximum absolute atomic E-state index is 2.61. The molecular formula is C22H44. The van der Waals surface area contributed by atoms with Crippen LogP contribution in [0.25, 0.3) is 0 Å². The van der Waals surface area contributed by atoms with Gasteiger partial charge in [-0.05, 0) is 60.7 Å². The first-order valence-corrected chi connectivity index (χ1v) is 10.3. The monoisotopic (exact) mass is 308 g/mol. The van der Waals surface area contributed by atoms with Crippen molar-refractivity contribution in [2.45, 2.75) is 113 Å². The second-order valence-electron chi connectivity index (χ2n) is 9.46. The fraction of sp³-hybridized carbons (Fsp3) is 1.00. The Labute approximate surface area is 141 Å². The van der Waals surface area contributed by atoms with Crippen molar-refractivity contribution in [1.29, 1.82) is 0 Å². The first kappa shape index (κ1) is 20.0. The molecule has 0 saturated heterocycles. The third kappa shape index (κ3) is 5.57. The van der Waals surface area contributed by atoms with Crippen molar-refractivity contribution in [2.24, 2.45) is 28.6 Å². The topological polar surface area (TPSA) is 0 Å². The summed E-state index contributed by atoms with van der Waals surface area (Å²) in [7, 11) is 0. The van der Waals surface area contributed by atoms with Crippen LogP contribution in [0.2, 0.25) is 0 Å². The van der Waals surface area contributed by atoms with E-state index >= 15 is 0 Å². The van der Waals surface area contributed by atoms with Gasteiger partial charge in [0.1, 0.15) is 0 Å². The van der Waals surface area contributed by atoms with Gasteiger partial charge in [0.2, 0.25) is 0 Å². The second kappa shape index (κ2) is 8.74. The van der Waals surface area contributed by atoms with Crippen LogP contribution in [0.1, 0.15) is 113 Å². The van der Waals surface area contributed by atoms with Crippen LogP contribution in [0, 0.1) is 28.6 Å². The van der Waals surface area contributed by atoms with Gasteiger partial charge in [0.15, 0.2) is 0 Å². The number of hydrogen-bond acceptors (Lipinski definition) is 0. The predicted molar refractivity (Wildman–Crippen MR) is 101 cm³/mol. The highest BCUT2D eigenvalue weighted by Crippen LogP contribution is 2.53. The molecule has 1 rings (SSSR count). The Morgan fingerprint density at radius 3 is 2.14 bits per heavy atom. The lowest BCUT2D eigenvalue weighted by atomic mass is 9.55. The Hall–Kier alpha value is 0. The van der Waals surface area contributed by atoms with Crippen LogP contribution < -0.4 is 0 Å². The van der Waals surface area contributed by atoms with Gasteiger partial charge in [0.05, 0.1) is 0 Å². The highest BCUT2D eigenvalue weighted by atomic mass is 14.5. The summed E-state index contributed by atoms with van der Waals surface area (Å²) >= 11 is 0. The minimum absolute atomic E-state index is 0.561. The molecule has 4 atom stereocenters. The first-order valence-electron chi connectivity index (χ1n) is 10.3. The highest BCUT2D eigenvalue weighted by molar-refractivity contribution is 4.93. The van der Waals surface area contributed by atoms with Gasteiger partial charge < -0.3 is 0 Å². The van der Waals surface area contributed by atoms with Gasteiger partial charge in [-0.25, -0.2) is 0 Å². The van der Waals surface area contributed by atoms with Crippen molar-refractivity contribution < 1.29 is 0 Å². The molecule has 0 heteroatoms. The molecule has 132 valence electrons. The summed E-state index contributed by atoms with van der Waals surface area (Å²) in [5, 5.41) is 0. The van der Waals surface area contributed by atoms with E-state index in [1.807, 2.05) is 0 Å². The number of unbranched alkanes of at least 4 members (excludes halogenated alkanes) is 1. The van der Waals surface area contributed by atoms with E-state index < -0.39 is 0 Å². The molecule has 1 aliphatic rings. The van der Waals surface area contributed by atoms with Gasteiger partial charge in [0.25, 0.3) is 0 Å². The molecular weight excluding hydrogens is 264 g/mol. The van der Waals surface area contributed by atoms with E-state index in [0.29, 0.717) is 10.8 Å². The molecule has 0 aromatic carbocycles. The third-order valence-corrected chi connectivity index (χ3v) is 7.16. The van der Waals surface area contributed by atoms with Crippen LogP contribution in [0.4, 0.5) is 0 Å². The van der Waals surface area contributed by atoms with Gasteiger partial charge >= 0.3 is 0 Å². The molecule has 22 heavy (non-hydrogen) atoms. The van der Waals surface area contributed by atoms with E-state index in [9.17, 15) is 0 Å². The van der Waals surface area contributed by atoms with Crippen molar-refractivity contribution in [3.63, 3.8) is 0 Å². The average Bonchev–Trinajstić information content (AvgIpc) is 2.47. The number of rotatable bonds is 11. The normalized spacial score (nSPS) is 26.3. The van der Waals surface area contributed by atoms with Crippen LogP contribution in [0.3, 0.4) is 0 Å². The maximum atomic E-state index is 2.61. The van der Waals surface area contributed by atoms with E-state index in [1.165, 1.54) is 64.2 Å². The lowest BCUT2D eigenvalue weighted by molar-refractivity contribution is 0.00332. The Bertz CT molecular complexity index is 303. The summed E-state index contributed by atoms with van der Waals surface area (Å²) in [6.45, 7) is 17.1. The Morgan fingerprint density at radius 1 is 1.00 bits per heavy atom. The maximum Gasteiger partial charge on any atom is -0.0323 e. The van der Waals surface area contributed by atoms with Crippen molar-refractivity contribution in [2.75, 3.05) is 0 Å². The van der Waals surface area contributed by atoms with Crippen molar-refractivity contribution in [3.8, 4) is 0 Å². The molecule has 1 fully saturated rings. The van der Waals surface area contributed by atoms with Crippen LogP contribution >= 0.6 is 0 Å². The second-order valence-corrected chi connectivity index (χ2v) is 9.46. The summed E-state index contributed by atoms with van der Waals surface area (Å²) in [5.41, 5.74) is 1.16. The molecule has 0 amide bonds. The largest absolute Gasteiger partial charge is 0.0654 e. The zero-order valence-corrected chi connectivity index (χ0v) is 16.8. The van der Waals surface area contributed by atoms with Crippen molar-refractivity contribution in [1.82, 2.24) is 0 Å². The number of hydrogen-bond donors (Lipinski definition) is 0. The molecule has 0 N–H and O–H groups in total. The summed E-state index contributed by atoms with van der Waals surface area (Å²) < 4.78 is 0. The van der Waals surface area contributed by atoms with E-state index in [2.05, 4.69) is 48.5 Å². The van der Waals surface area contributed by atoms with E-state index in [0.717, 1.165) is 17.8 Å². The lowest BCUT2D eigenvalue weighted by Crippen LogP contribution is -2.40. The average molecular weight is 309 g/mol. The molecule has 0 aromatic heterocycles. The summed E-state index contributed by atoms with van der Waals surface area (Å²) in [6, 6.07) is 0. The Balaban J connectivity index is 2.64. The molecule has 0 radical (unpaired) electrons. The first-order chi connectivity index (χ1) is 10.3. The molecule has 0 aliphatic heterocycles. The van der Waals surface area contributed by atoms with Crippen LogP contribution in [-0.4, -0.2) is 0 Å². The van der Waals surface area contributed by atoms with Crippen molar-refractivity contribution >= 4 is 0 Å². The standard InChI is InChI=1S/C22H44/c1-8-11-15-22(7,16-14-18(4)9-2)17-19-12-13-20(19)21(5,6)10-3/h18-20H,8-17H2,1-7H3. The Morgan fingerprint density at radius 2 is 1.68 bits per heavy atom. The summed E-state index contributed by atoms with van der Waals surface area (Å²) in [4.78, 5) is 0. The fourth-order valence-corrected chi connectivity index (χ4v) is 4.47. The van der Waals surface area contributed by atoms with Gasteiger partial charge in [0, 0.05) is 0 Å².